The molecule has 1 rings (SSSR count). The summed E-state index contributed by atoms with van der Waals surface area (Å²) in [7, 11) is 1.36. The van der Waals surface area contributed by atoms with E-state index >= 15 is 0 Å². The summed E-state index contributed by atoms with van der Waals surface area (Å²) in [6.45, 7) is 4.46. The minimum Gasteiger partial charge on any atom is -0.465 e. The van der Waals surface area contributed by atoms with Crippen LogP contribution in [0.5, 0.6) is 0 Å². The molecule has 0 aliphatic heterocycles. The third-order valence-electron chi connectivity index (χ3n) is 2.53. The number of hydrogen-bond acceptors (Lipinski definition) is 4. The van der Waals surface area contributed by atoms with Crippen LogP contribution in [0.4, 0.5) is 0 Å². The molecule has 0 unspecified atom stereocenters. The Morgan fingerprint density at radius 2 is 1.88 bits per heavy atom. The zero-order chi connectivity index (χ0) is 12.2. The van der Waals surface area contributed by atoms with Crippen molar-refractivity contribution >= 4 is 5.97 Å². The normalized spacial score (nSPS) is 11.2. The zero-order valence-electron chi connectivity index (χ0n) is 9.82. The quantitative estimate of drug-likeness (QED) is 0.622. The molecule has 88 valence electrons. The Kier molecular flexibility index (Phi) is 4.04. The van der Waals surface area contributed by atoms with Gasteiger partial charge in [-0.25, -0.2) is 10.7 Å². The van der Waals surface area contributed by atoms with Crippen LogP contribution in [0.1, 0.15) is 29.8 Å². The second-order valence-corrected chi connectivity index (χ2v) is 4.26. The number of hydrogen-bond donors (Lipinski definition) is 1. The topological polar surface area (TPSA) is 61.5 Å². The van der Waals surface area contributed by atoms with E-state index in [1.807, 2.05) is 26.0 Å². The van der Waals surface area contributed by atoms with Gasteiger partial charge in [0.1, 0.15) is 0 Å². The summed E-state index contributed by atoms with van der Waals surface area (Å²) in [5.74, 6) is 4.74. The number of carbonyl (C=O) groups excluding carboxylic acids is 1. The smallest absolute Gasteiger partial charge is 0.337 e. The second kappa shape index (κ2) is 5.09. The predicted molar refractivity (Wildman–Crippen MR) is 60.9 cm³/mol. The van der Waals surface area contributed by atoms with Gasteiger partial charge in [0.15, 0.2) is 0 Å². The molecule has 0 amide bonds. The number of rotatable bonds is 4. The van der Waals surface area contributed by atoms with Crippen LogP contribution in [0.25, 0.3) is 0 Å². The summed E-state index contributed by atoms with van der Waals surface area (Å²) >= 11 is 0. The summed E-state index contributed by atoms with van der Waals surface area (Å²) in [6.07, 6.45) is 0. The maximum Gasteiger partial charge on any atom is 0.337 e. The fraction of sp³-hybridized carbons (Fsp3) is 0.417. The van der Waals surface area contributed by atoms with Crippen LogP contribution in [-0.2, 0) is 15.0 Å². The number of nitrogens with two attached hydrogens (primary N) is 1. The molecule has 2 N–H and O–H groups in total. The summed E-state index contributed by atoms with van der Waals surface area (Å²) in [6, 6.07) is 7.23. The number of ether oxygens (including phenoxy) is 1. The molecule has 1 aromatic carbocycles. The highest BCUT2D eigenvalue weighted by atomic mass is 16.6. The largest absolute Gasteiger partial charge is 0.465 e. The van der Waals surface area contributed by atoms with Crippen molar-refractivity contribution in [2.24, 2.45) is 5.90 Å². The fourth-order valence-corrected chi connectivity index (χ4v) is 1.47. The van der Waals surface area contributed by atoms with E-state index in [0.717, 1.165) is 5.56 Å². The highest BCUT2D eigenvalue weighted by Gasteiger charge is 2.21. The molecule has 0 heterocycles. The van der Waals surface area contributed by atoms with Gasteiger partial charge in [-0.15, -0.1) is 0 Å². The van der Waals surface area contributed by atoms with Gasteiger partial charge in [0.25, 0.3) is 0 Å². The van der Waals surface area contributed by atoms with Crippen molar-refractivity contribution in [1.82, 2.24) is 0 Å². The Morgan fingerprint density at radius 1 is 1.31 bits per heavy atom. The first-order valence-corrected chi connectivity index (χ1v) is 5.02. The van der Waals surface area contributed by atoms with Crippen LogP contribution < -0.4 is 5.90 Å². The van der Waals surface area contributed by atoms with Crippen molar-refractivity contribution in [1.29, 1.82) is 0 Å². The van der Waals surface area contributed by atoms with E-state index in [1.165, 1.54) is 7.11 Å². The molecule has 0 atom stereocenters. The molecule has 0 radical (unpaired) electrons. The van der Waals surface area contributed by atoms with Gasteiger partial charge in [-0.3, -0.25) is 0 Å². The Morgan fingerprint density at radius 3 is 2.31 bits per heavy atom. The van der Waals surface area contributed by atoms with E-state index in [-0.39, 0.29) is 11.4 Å². The average Bonchev–Trinajstić information content (AvgIpc) is 2.28. The van der Waals surface area contributed by atoms with Crippen molar-refractivity contribution in [3.05, 3.63) is 35.4 Å². The summed E-state index contributed by atoms with van der Waals surface area (Å²) in [4.78, 5) is 15.9. The molecule has 0 aliphatic rings. The lowest BCUT2D eigenvalue weighted by Gasteiger charge is -2.23. The number of esters is 1. The third-order valence-corrected chi connectivity index (χ3v) is 2.53. The Hall–Kier alpha value is -1.39. The van der Waals surface area contributed by atoms with Gasteiger partial charge in [0.05, 0.1) is 19.3 Å². The van der Waals surface area contributed by atoms with Crippen LogP contribution in [0.2, 0.25) is 0 Å². The van der Waals surface area contributed by atoms with Crippen LogP contribution in [0, 0.1) is 0 Å². The third kappa shape index (κ3) is 2.81. The van der Waals surface area contributed by atoms with E-state index in [9.17, 15) is 4.79 Å². The van der Waals surface area contributed by atoms with Crippen LogP contribution in [0.3, 0.4) is 0 Å². The highest BCUT2D eigenvalue weighted by molar-refractivity contribution is 5.89. The van der Waals surface area contributed by atoms with Gasteiger partial charge in [-0.05, 0) is 17.7 Å². The van der Waals surface area contributed by atoms with Gasteiger partial charge < -0.3 is 9.57 Å². The average molecular weight is 223 g/mol. The van der Waals surface area contributed by atoms with Gasteiger partial charge in [-0.2, -0.15) is 0 Å². The van der Waals surface area contributed by atoms with Gasteiger partial charge in [0, 0.05) is 5.41 Å². The van der Waals surface area contributed by atoms with E-state index in [4.69, 9.17) is 5.90 Å². The summed E-state index contributed by atoms with van der Waals surface area (Å²) < 4.78 is 4.63. The first-order valence-electron chi connectivity index (χ1n) is 5.02. The van der Waals surface area contributed by atoms with Gasteiger partial charge in [0.2, 0.25) is 0 Å². The standard InChI is InChI=1S/C12H17NO3/c1-12(2,8-16-13)10-6-4-9(5-7-10)11(14)15-3/h4-7H,8,13H2,1-3H3. The highest BCUT2D eigenvalue weighted by Crippen LogP contribution is 2.23. The predicted octanol–water partition coefficient (Wildman–Crippen LogP) is 1.64. The molecule has 0 saturated carbocycles. The van der Waals surface area contributed by atoms with Crippen LogP contribution >= 0.6 is 0 Å². The first-order chi connectivity index (χ1) is 7.51. The molecule has 0 spiro atoms. The van der Waals surface area contributed by atoms with Crippen LogP contribution in [0.15, 0.2) is 24.3 Å². The number of benzene rings is 1. The van der Waals surface area contributed by atoms with E-state index < -0.39 is 0 Å². The molecule has 4 nitrogen and oxygen atoms in total. The minimum absolute atomic E-state index is 0.177. The van der Waals surface area contributed by atoms with E-state index in [2.05, 4.69) is 9.57 Å². The monoisotopic (exact) mass is 223 g/mol. The van der Waals surface area contributed by atoms with Crippen molar-refractivity contribution in [3.8, 4) is 0 Å². The molecular formula is C12H17NO3. The van der Waals surface area contributed by atoms with E-state index in [0.29, 0.717) is 12.2 Å². The lowest BCUT2D eigenvalue weighted by Crippen LogP contribution is -2.26. The lowest BCUT2D eigenvalue weighted by atomic mass is 9.85. The van der Waals surface area contributed by atoms with Crippen LogP contribution in [-0.4, -0.2) is 19.7 Å². The van der Waals surface area contributed by atoms with Crippen molar-refractivity contribution < 1.29 is 14.4 Å². The summed E-state index contributed by atoms with van der Waals surface area (Å²) in [5, 5.41) is 0. The molecule has 0 saturated heterocycles. The zero-order valence-corrected chi connectivity index (χ0v) is 9.82. The number of carbonyl (C=O) groups is 1. The molecule has 0 fully saturated rings. The van der Waals surface area contributed by atoms with E-state index in [1.54, 1.807) is 12.1 Å². The molecule has 0 aromatic heterocycles. The second-order valence-electron chi connectivity index (χ2n) is 4.26. The number of methoxy groups -OCH3 is 1. The fourth-order valence-electron chi connectivity index (χ4n) is 1.47. The van der Waals surface area contributed by atoms with Gasteiger partial charge in [-0.1, -0.05) is 26.0 Å². The molecular weight excluding hydrogens is 206 g/mol. The van der Waals surface area contributed by atoms with Gasteiger partial charge >= 0.3 is 5.97 Å². The minimum atomic E-state index is -0.334. The molecule has 1 aromatic rings. The Bertz CT molecular complexity index is 357. The Balaban J connectivity index is 2.90. The molecule has 4 heteroatoms. The maximum atomic E-state index is 11.2. The SMILES string of the molecule is COC(=O)c1ccc(C(C)(C)CON)cc1. The molecule has 0 aliphatic carbocycles. The molecule has 0 bridgehead atoms. The first kappa shape index (κ1) is 12.7. The summed E-state index contributed by atoms with van der Waals surface area (Å²) in [5.41, 5.74) is 1.42. The lowest BCUT2D eigenvalue weighted by molar-refractivity contribution is 0.0600. The van der Waals surface area contributed by atoms with Crippen molar-refractivity contribution in [3.63, 3.8) is 0 Å². The van der Waals surface area contributed by atoms with Crippen molar-refractivity contribution in [2.75, 3.05) is 13.7 Å². The Labute approximate surface area is 95.3 Å². The molecule has 16 heavy (non-hydrogen) atoms. The van der Waals surface area contributed by atoms with Crippen molar-refractivity contribution in [2.45, 2.75) is 19.3 Å². The maximum absolute atomic E-state index is 11.2.